The second-order valence-corrected chi connectivity index (χ2v) is 7.27. The Balaban J connectivity index is 1.97. The molecular weight excluding hydrogens is 380 g/mol. The summed E-state index contributed by atoms with van der Waals surface area (Å²) in [5, 5.41) is 5.71. The summed E-state index contributed by atoms with van der Waals surface area (Å²) in [4.78, 5) is 16.5. The van der Waals surface area contributed by atoms with Crippen LogP contribution in [0.3, 0.4) is 0 Å². The summed E-state index contributed by atoms with van der Waals surface area (Å²) in [6.45, 7) is 0.466. The lowest BCUT2D eigenvalue weighted by Gasteiger charge is -2.11. The monoisotopic (exact) mass is 400 g/mol. The van der Waals surface area contributed by atoms with Gasteiger partial charge in [-0.3, -0.25) is 9.36 Å². The highest BCUT2D eigenvalue weighted by molar-refractivity contribution is 6.16. The number of nitrogens with two attached hydrogens (primary N) is 2. The van der Waals surface area contributed by atoms with Gasteiger partial charge in [0.25, 0.3) is 17.4 Å². The van der Waals surface area contributed by atoms with Crippen LogP contribution in [0.4, 0.5) is 5.95 Å². The van der Waals surface area contributed by atoms with E-state index in [-0.39, 0.29) is 11.5 Å². The summed E-state index contributed by atoms with van der Waals surface area (Å²) in [7, 11) is 3.73. The van der Waals surface area contributed by atoms with E-state index in [1.807, 2.05) is 54.1 Å². The summed E-state index contributed by atoms with van der Waals surface area (Å²) in [6.07, 6.45) is 0. The lowest BCUT2D eigenvalue weighted by molar-refractivity contribution is 0.433. The van der Waals surface area contributed by atoms with Crippen LogP contribution in [0.2, 0.25) is 0 Å². The Bertz CT molecular complexity index is 1470. The number of aromatic nitrogens is 4. The van der Waals surface area contributed by atoms with E-state index in [2.05, 4.69) is 10.1 Å². The number of anilines is 1. The van der Waals surface area contributed by atoms with Gasteiger partial charge < -0.3 is 20.6 Å². The van der Waals surface area contributed by atoms with Gasteiger partial charge in [0.2, 0.25) is 0 Å². The zero-order chi connectivity index (χ0) is 21.0. The Kier molecular flexibility index (Phi) is 3.97. The molecule has 0 bridgehead atoms. The first-order valence-corrected chi connectivity index (χ1v) is 9.49. The van der Waals surface area contributed by atoms with Gasteiger partial charge in [0, 0.05) is 48.6 Å². The van der Waals surface area contributed by atoms with Crippen LogP contribution in [0.15, 0.2) is 57.8 Å². The van der Waals surface area contributed by atoms with Crippen molar-refractivity contribution in [2.24, 2.45) is 19.8 Å². The molecule has 0 aliphatic rings. The Morgan fingerprint density at radius 3 is 2.43 bits per heavy atom. The minimum Gasteiger partial charge on any atom is -0.365 e. The Morgan fingerprint density at radius 1 is 1.00 bits per heavy atom. The van der Waals surface area contributed by atoms with Crippen LogP contribution in [0.25, 0.3) is 44.5 Å². The van der Waals surface area contributed by atoms with Gasteiger partial charge in [0.15, 0.2) is 0 Å². The molecule has 0 unspecified atom stereocenters. The molecular formula is C22H20N6O2. The van der Waals surface area contributed by atoms with Crippen LogP contribution in [0.5, 0.6) is 0 Å². The number of hydrogen-bond donors (Lipinski definition) is 2. The highest BCUT2D eigenvalue weighted by atomic mass is 16.5. The third-order valence-corrected chi connectivity index (χ3v) is 5.56. The van der Waals surface area contributed by atoms with Crippen LogP contribution in [-0.2, 0) is 20.6 Å². The molecule has 8 heteroatoms. The van der Waals surface area contributed by atoms with Crippen LogP contribution < -0.4 is 17.0 Å². The maximum absolute atomic E-state index is 12.3. The smallest absolute Gasteiger partial charge is 0.261 e. The molecule has 0 atom stereocenters. The molecule has 2 aromatic carbocycles. The van der Waals surface area contributed by atoms with E-state index in [9.17, 15) is 4.79 Å². The van der Waals surface area contributed by atoms with E-state index in [1.165, 1.54) is 0 Å². The Morgan fingerprint density at radius 2 is 1.77 bits per heavy atom. The molecule has 0 saturated carbocycles. The fourth-order valence-electron chi connectivity index (χ4n) is 4.11. The van der Waals surface area contributed by atoms with Gasteiger partial charge in [-0.15, -0.1) is 0 Å². The molecule has 0 fully saturated rings. The predicted octanol–water partition coefficient (Wildman–Crippen LogP) is 2.79. The van der Waals surface area contributed by atoms with E-state index in [0.29, 0.717) is 12.4 Å². The first-order valence-electron chi connectivity index (χ1n) is 9.49. The lowest BCUT2D eigenvalue weighted by atomic mass is 9.93. The van der Waals surface area contributed by atoms with Crippen LogP contribution >= 0.6 is 0 Å². The number of nitrogens with zero attached hydrogens (tertiary/aromatic N) is 4. The zero-order valence-corrected chi connectivity index (χ0v) is 16.6. The number of rotatable bonds is 3. The molecule has 3 heterocycles. The van der Waals surface area contributed by atoms with Crippen molar-refractivity contribution in [1.82, 2.24) is 19.3 Å². The standard InChI is InChI=1S/C22H20N6O2/c1-27-16-9-7-14(20-25-22(24)26-30-20)18(13-5-3-12(11-23)4-6-13)19(16)15-8-10-17(29)28(2)21(15)27/h3-10H,11,23H2,1-2H3,(H2,24,26). The van der Waals surface area contributed by atoms with Crippen molar-refractivity contribution in [3.63, 3.8) is 0 Å². The highest BCUT2D eigenvalue weighted by Crippen LogP contribution is 2.41. The molecule has 3 aromatic heterocycles. The van der Waals surface area contributed by atoms with Crippen molar-refractivity contribution in [1.29, 1.82) is 0 Å². The van der Waals surface area contributed by atoms with Gasteiger partial charge >= 0.3 is 0 Å². The van der Waals surface area contributed by atoms with Crippen molar-refractivity contribution in [3.8, 4) is 22.6 Å². The first kappa shape index (κ1) is 18.1. The summed E-state index contributed by atoms with van der Waals surface area (Å²) >= 11 is 0. The van der Waals surface area contributed by atoms with E-state index >= 15 is 0 Å². The van der Waals surface area contributed by atoms with Gasteiger partial charge in [0.1, 0.15) is 5.65 Å². The molecule has 0 aliphatic heterocycles. The fourth-order valence-corrected chi connectivity index (χ4v) is 4.11. The van der Waals surface area contributed by atoms with Gasteiger partial charge in [-0.1, -0.05) is 24.3 Å². The third-order valence-electron chi connectivity index (χ3n) is 5.56. The molecule has 0 amide bonds. The van der Waals surface area contributed by atoms with E-state index in [0.717, 1.165) is 44.2 Å². The van der Waals surface area contributed by atoms with Crippen LogP contribution in [0, 0.1) is 0 Å². The van der Waals surface area contributed by atoms with E-state index in [1.54, 1.807) is 17.7 Å². The van der Waals surface area contributed by atoms with Crippen LogP contribution in [0.1, 0.15) is 5.56 Å². The van der Waals surface area contributed by atoms with Crippen molar-refractivity contribution in [2.75, 3.05) is 5.73 Å². The topological polar surface area (TPSA) is 118 Å². The van der Waals surface area contributed by atoms with Crippen molar-refractivity contribution < 1.29 is 4.52 Å². The Hall–Kier alpha value is -3.91. The van der Waals surface area contributed by atoms with Gasteiger partial charge in [-0.25, -0.2) is 0 Å². The quantitative estimate of drug-likeness (QED) is 0.481. The average Bonchev–Trinajstić information content (AvgIpc) is 3.32. The summed E-state index contributed by atoms with van der Waals surface area (Å²) in [5.41, 5.74) is 17.0. The number of nitrogen functional groups attached to an aromatic ring is 1. The molecule has 30 heavy (non-hydrogen) atoms. The second-order valence-electron chi connectivity index (χ2n) is 7.27. The molecule has 5 rings (SSSR count). The molecule has 8 nitrogen and oxygen atoms in total. The van der Waals surface area contributed by atoms with Crippen molar-refractivity contribution in [3.05, 3.63) is 64.4 Å². The normalized spacial score (nSPS) is 11.6. The molecule has 150 valence electrons. The van der Waals surface area contributed by atoms with E-state index < -0.39 is 0 Å². The third kappa shape index (κ3) is 2.54. The largest absolute Gasteiger partial charge is 0.365 e. The number of hydrogen-bond acceptors (Lipinski definition) is 6. The van der Waals surface area contributed by atoms with Gasteiger partial charge in [0.05, 0.1) is 5.52 Å². The Labute approximate surface area is 171 Å². The minimum absolute atomic E-state index is 0.0628. The molecule has 0 aliphatic carbocycles. The van der Waals surface area contributed by atoms with Gasteiger partial charge in [-0.05, 0) is 34.5 Å². The average molecular weight is 400 g/mol. The fraction of sp³-hybridized carbons (Fsp3) is 0.136. The highest BCUT2D eigenvalue weighted by Gasteiger charge is 2.21. The van der Waals surface area contributed by atoms with Crippen LogP contribution in [-0.4, -0.2) is 19.3 Å². The first-order chi connectivity index (χ1) is 14.5. The number of aryl methyl sites for hydroxylation is 2. The summed E-state index contributed by atoms with van der Waals surface area (Å²) in [6, 6.07) is 15.4. The molecule has 0 saturated heterocycles. The molecule has 0 spiro atoms. The number of benzene rings is 2. The predicted molar refractivity (Wildman–Crippen MR) is 117 cm³/mol. The van der Waals surface area contributed by atoms with Crippen molar-refractivity contribution >= 4 is 27.9 Å². The second kappa shape index (κ2) is 6.57. The van der Waals surface area contributed by atoms with Crippen molar-refractivity contribution in [2.45, 2.75) is 6.54 Å². The number of fused-ring (bicyclic) bond motifs is 3. The maximum Gasteiger partial charge on any atom is 0.261 e. The van der Waals surface area contributed by atoms with Gasteiger partial charge in [-0.2, -0.15) is 4.98 Å². The number of pyridine rings is 1. The summed E-state index contributed by atoms with van der Waals surface area (Å²) < 4.78 is 9.08. The zero-order valence-electron chi connectivity index (χ0n) is 16.6. The summed E-state index contributed by atoms with van der Waals surface area (Å²) in [5.74, 6) is 0.420. The minimum atomic E-state index is -0.0628. The lowest BCUT2D eigenvalue weighted by Crippen LogP contribution is -2.16. The maximum atomic E-state index is 12.3. The van der Waals surface area contributed by atoms with E-state index in [4.69, 9.17) is 16.0 Å². The molecule has 4 N–H and O–H groups in total. The molecule has 5 aromatic rings. The SMILES string of the molecule is Cn1c(=O)ccc2c3c(-c4ccc(CN)cc4)c(-c4nc(N)no4)ccc3n(C)c21. The molecule has 0 radical (unpaired) electrons.